The number of rotatable bonds is 5. The third kappa shape index (κ3) is 2.73. The lowest BCUT2D eigenvalue weighted by molar-refractivity contribution is -0.384. The summed E-state index contributed by atoms with van der Waals surface area (Å²) in [5, 5.41) is 10.6. The summed E-state index contributed by atoms with van der Waals surface area (Å²) in [5.74, 6) is -3.42. The van der Waals surface area contributed by atoms with Gasteiger partial charge in [-0.2, -0.15) is 0 Å². The van der Waals surface area contributed by atoms with Crippen LogP contribution >= 0.6 is 0 Å². The molecule has 2 fully saturated rings. The summed E-state index contributed by atoms with van der Waals surface area (Å²) in [7, 11) is 0. The summed E-state index contributed by atoms with van der Waals surface area (Å²) in [6, 6.07) is 3.44. The Morgan fingerprint density at radius 3 is 2.50 bits per heavy atom. The van der Waals surface area contributed by atoms with Crippen molar-refractivity contribution in [1.29, 1.82) is 0 Å². The van der Waals surface area contributed by atoms with Gasteiger partial charge in [0, 0.05) is 18.1 Å². The number of nitro benzene ring substituents is 1. The second-order valence-electron chi connectivity index (χ2n) is 6.56. The van der Waals surface area contributed by atoms with Crippen molar-refractivity contribution in [1.82, 2.24) is 4.90 Å². The second-order valence-corrected chi connectivity index (χ2v) is 6.56. The molecule has 5 atom stereocenters. The molecule has 0 spiro atoms. The molecule has 1 aromatic carbocycles. The Balaban J connectivity index is 1.67. The predicted octanol–water partition coefficient (Wildman–Crippen LogP) is 1.41. The van der Waals surface area contributed by atoms with E-state index in [9.17, 15) is 28.9 Å². The molecule has 2 aliphatic heterocycles. The summed E-state index contributed by atoms with van der Waals surface area (Å²) < 4.78 is 18.7. The Kier molecular flexibility index (Phi) is 4.47. The Bertz CT molecular complexity index is 778. The number of carbonyl (C=O) groups excluding carboxylic acids is 3. The molecule has 0 aromatic heterocycles. The van der Waals surface area contributed by atoms with Gasteiger partial charge >= 0.3 is 5.97 Å². The third-order valence-corrected chi connectivity index (χ3v) is 4.98. The van der Waals surface area contributed by atoms with Gasteiger partial charge in [0.15, 0.2) is 11.8 Å². The molecular weight excluding hydrogens is 347 g/mol. The van der Waals surface area contributed by atoms with Crippen LogP contribution in [0.4, 0.5) is 10.1 Å². The molecule has 1 unspecified atom stereocenters. The number of hydrogen-bond acceptors (Lipinski definition) is 6. The minimum absolute atomic E-state index is 0.0970. The Morgan fingerprint density at radius 1 is 1.35 bits per heavy atom. The maximum atomic E-state index is 13.6. The lowest BCUT2D eigenvalue weighted by Gasteiger charge is -2.45. The molecule has 1 amide bonds. The van der Waals surface area contributed by atoms with E-state index in [2.05, 4.69) is 0 Å². The van der Waals surface area contributed by atoms with Gasteiger partial charge in [0.25, 0.3) is 5.69 Å². The Morgan fingerprint density at radius 2 is 1.96 bits per heavy atom. The Labute approximate surface area is 148 Å². The van der Waals surface area contributed by atoms with Crippen molar-refractivity contribution in [3.8, 4) is 0 Å². The number of esters is 1. The molecule has 0 saturated carbocycles. The first kappa shape index (κ1) is 18.0. The molecule has 1 aromatic rings. The van der Waals surface area contributed by atoms with Crippen molar-refractivity contribution in [3.05, 3.63) is 39.9 Å². The average molecular weight is 364 g/mol. The van der Waals surface area contributed by atoms with E-state index >= 15 is 0 Å². The van der Waals surface area contributed by atoms with Crippen LogP contribution in [-0.2, 0) is 25.7 Å². The van der Waals surface area contributed by atoms with Gasteiger partial charge in [0.1, 0.15) is 12.8 Å². The van der Waals surface area contributed by atoms with Crippen molar-refractivity contribution >= 4 is 23.3 Å². The smallest absolute Gasteiger partial charge is 0.337 e. The number of halogens is 1. The maximum Gasteiger partial charge on any atom is 0.337 e. The number of carbonyl (C=O) groups is 3. The van der Waals surface area contributed by atoms with Crippen LogP contribution in [0.25, 0.3) is 0 Å². The SMILES string of the molecule is C[C@@H](F)[C@H]1C(=O)N2C(C(=O)OCc3ccc([N+](=O)[O-])cc3)C(=O)[C@H](C)[C@H]12. The number of nitrogens with zero attached hydrogens (tertiary/aromatic N) is 2. The lowest BCUT2D eigenvalue weighted by atomic mass is 9.80. The number of benzene rings is 1. The molecule has 3 rings (SSSR count). The zero-order valence-corrected chi connectivity index (χ0v) is 14.1. The van der Waals surface area contributed by atoms with Crippen LogP contribution in [0.3, 0.4) is 0 Å². The molecule has 0 aliphatic carbocycles. The van der Waals surface area contributed by atoms with Crippen LogP contribution in [-0.4, -0.2) is 45.7 Å². The zero-order valence-electron chi connectivity index (χ0n) is 14.1. The van der Waals surface area contributed by atoms with Crippen LogP contribution in [0.5, 0.6) is 0 Å². The molecule has 0 radical (unpaired) electrons. The van der Waals surface area contributed by atoms with Gasteiger partial charge in [0.05, 0.1) is 16.9 Å². The highest BCUT2D eigenvalue weighted by Gasteiger charge is 2.65. The number of β-lactam (4-membered cyclic amide) rings is 1. The van der Waals surface area contributed by atoms with Crippen molar-refractivity contribution in [3.63, 3.8) is 0 Å². The van der Waals surface area contributed by atoms with Gasteiger partial charge < -0.3 is 9.64 Å². The molecule has 0 N–H and O–H groups in total. The van der Waals surface area contributed by atoms with E-state index in [4.69, 9.17) is 4.74 Å². The number of ketones is 1. The average Bonchev–Trinajstić information content (AvgIpc) is 2.81. The molecule has 26 heavy (non-hydrogen) atoms. The zero-order chi connectivity index (χ0) is 19.2. The van der Waals surface area contributed by atoms with Gasteiger partial charge in [-0.3, -0.25) is 19.7 Å². The van der Waals surface area contributed by atoms with Gasteiger partial charge in [-0.05, 0) is 24.6 Å². The number of nitro groups is 1. The predicted molar refractivity (Wildman–Crippen MR) is 85.5 cm³/mol. The van der Waals surface area contributed by atoms with E-state index in [0.717, 1.165) is 4.90 Å². The fourth-order valence-electron chi connectivity index (χ4n) is 3.61. The number of ether oxygens (including phenoxy) is 1. The van der Waals surface area contributed by atoms with Crippen molar-refractivity contribution < 1.29 is 28.4 Å². The van der Waals surface area contributed by atoms with Crippen LogP contribution in [0.2, 0.25) is 0 Å². The fourth-order valence-corrected chi connectivity index (χ4v) is 3.61. The lowest BCUT2D eigenvalue weighted by Crippen LogP contribution is -2.65. The molecule has 2 saturated heterocycles. The minimum atomic E-state index is -1.39. The van der Waals surface area contributed by atoms with E-state index in [1.54, 1.807) is 6.92 Å². The number of hydrogen-bond donors (Lipinski definition) is 0. The molecule has 2 heterocycles. The summed E-state index contributed by atoms with van der Waals surface area (Å²) >= 11 is 0. The second kappa shape index (κ2) is 6.47. The van der Waals surface area contributed by atoms with Gasteiger partial charge in [-0.25, -0.2) is 9.18 Å². The van der Waals surface area contributed by atoms with Gasteiger partial charge in [-0.15, -0.1) is 0 Å². The van der Waals surface area contributed by atoms with Gasteiger partial charge in [0.2, 0.25) is 5.91 Å². The minimum Gasteiger partial charge on any atom is -0.459 e. The van der Waals surface area contributed by atoms with E-state index < -0.39 is 52.7 Å². The number of Topliss-reactive ketones (excluding diaryl/α,β-unsaturated/α-hetero) is 1. The van der Waals surface area contributed by atoms with E-state index in [0.29, 0.717) is 5.56 Å². The standard InChI is InChI=1S/C17H17FN2O6/c1-8-13-12(9(2)18)16(22)19(13)14(15(8)21)17(23)26-7-10-3-5-11(6-4-10)20(24)25/h3-6,8-9,12-14H,7H2,1-2H3/t8-,9-,12-,13-,14?/m1/s1. The molecule has 8 nitrogen and oxygen atoms in total. The number of amides is 1. The molecule has 9 heteroatoms. The maximum absolute atomic E-state index is 13.6. The van der Waals surface area contributed by atoms with Crippen LogP contribution in [0, 0.1) is 22.0 Å². The topological polar surface area (TPSA) is 107 Å². The van der Waals surface area contributed by atoms with Crippen LogP contribution in [0.1, 0.15) is 19.4 Å². The van der Waals surface area contributed by atoms with Crippen LogP contribution < -0.4 is 0 Å². The third-order valence-electron chi connectivity index (χ3n) is 4.98. The van der Waals surface area contributed by atoms with Crippen molar-refractivity contribution in [2.75, 3.05) is 0 Å². The first-order valence-electron chi connectivity index (χ1n) is 8.14. The number of fused-ring (bicyclic) bond motifs is 1. The van der Waals surface area contributed by atoms with E-state index in [-0.39, 0.29) is 12.3 Å². The van der Waals surface area contributed by atoms with Crippen molar-refractivity contribution in [2.24, 2.45) is 11.8 Å². The molecular formula is C17H17FN2O6. The first-order chi connectivity index (χ1) is 12.2. The summed E-state index contributed by atoms with van der Waals surface area (Å²) in [5.41, 5.74) is 0.407. The largest absolute Gasteiger partial charge is 0.459 e. The molecule has 2 aliphatic rings. The summed E-state index contributed by atoms with van der Waals surface area (Å²) in [4.78, 5) is 48.0. The van der Waals surface area contributed by atoms with Crippen LogP contribution in [0.15, 0.2) is 24.3 Å². The summed E-state index contributed by atoms with van der Waals surface area (Å²) in [6.07, 6.45) is -1.39. The quantitative estimate of drug-likeness (QED) is 0.257. The summed E-state index contributed by atoms with van der Waals surface area (Å²) in [6.45, 7) is 2.65. The Hall–Kier alpha value is -2.84. The van der Waals surface area contributed by atoms with Gasteiger partial charge in [-0.1, -0.05) is 6.92 Å². The highest BCUT2D eigenvalue weighted by Crippen LogP contribution is 2.43. The molecule has 0 bridgehead atoms. The first-order valence-corrected chi connectivity index (χ1v) is 8.14. The fraction of sp³-hybridized carbons (Fsp3) is 0.471. The highest BCUT2D eigenvalue weighted by atomic mass is 19.1. The molecule has 138 valence electrons. The van der Waals surface area contributed by atoms with E-state index in [1.807, 2.05) is 0 Å². The monoisotopic (exact) mass is 364 g/mol. The number of non-ortho nitro benzene ring substituents is 1. The van der Waals surface area contributed by atoms with Crippen molar-refractivity contribution in [2.45, 2.75) is 38.7 Å². The van der Waals surface area contributed by atoms with E-state index in [1.165, 1.54) is 31.2 Å². The highest BCUT2D eigenvalue weighted by molar-refractivity contribution is 6.12. The normalized spacial score (nSPS) is 28.3. The number of alkyl halides is 1.